The zero-order valence-electron chi connectivity index (χ0n) is 11.3. The number of benzene rings is 1. The summed E-state index contributed by atoms with van der Waals surface area (Å²) in [4.78, 5) is 14.7. The van der Waals surface area contributed by atoms with Gasteiger partial charge in [0, 0.05) is 18.9 Å². The molecule has 1 N–H and O–H groups in total. The molecular weight excluding hydrogens is 292 g/mol. The fourth-order valence-electron chi connectivity index (χ4n) is 1.96. The predicted molar refractivity (Wildman–Crippen MR) is 76.7 cm³/mol. The first kappa shape index (κ1) is 15.2. The van der Waals surface area contributed by atoms with Crippen LogP contribution in [-0.4, -0.2) is 34.8 Å². The van der Waals surface area contributed by atoms with E-state index in [1.54, 1.807) is 18.7 Å². The topological polar surface area (TPSA) is 89.3 Å². The van der Waals surface area contributed by atoms with Crippen molar-refractivity contribution in [3.05, 3.63) is 48.5 Å². The standard InChI is InChI=1S/C14H16N2O4S/c17-14(18)10-12-2-4-13(5-3-12)21(19,20)9-1-7-16-8-6-15-11-16/h2-6,8,11H,1,7,9-10H2,(H,17,18). The number of rotatable bonds is 7. The summed E-state index contributed by atoms with van der Waals surface area (Å²) in [5.41, 5.74) is 0.583. The number of hydrogen-bond acceptors (Lipinski definition) is 4. The number of carbonyl (C=O) groups is 1. The van der Waals surface area contributed by atoms with E-state index in [-0.39, 0.29) is 17.1 Å². The Morgan fingerprint density at radius 1 is 1.24 bits per heavy atom. The van der Waals surface area contributed by atoms with Crippen molar-refractivity contribution >= 4 is 15.8 Å². The Kier molecular flexibility index (Phi) is 4.74. The molecule has 0 bridgehead atoms. The van der Waals surface area contributed by atoms with E-state index in [9.17, 15) is 13.2 Å². The van der Waals surface area contributed by atoms with E-state index in [4.69, 9.17) is 5.11 Å². The molecule has 0 aliphatic carbocycles. The van der Waals surface area contributed by atoms with Crippen LogP contribution in [0.5, 0.6) is 0 Å². The fourth-order valence-corrected chi connectivity index (χ4v) is 3.26. The highest BCUT2D eigenvalue weighted by Gasteiger charge is 2.14. The molecular formula is C14H16N2O4S. The van der Waals surface area contributed by atoms with E-state index in [0.717, 1.165) is 0 Å². The monoisotopic (exact) mass is 308 g/mol. The van der Waals surface area contributed by atoms with Crippen LogP contribution in [0.1, 0.15) is 12.0 Å². The van der Waals surface area contributed by atoms with Gasteiger partial charge in [-0.05, 0) is 24.1 Å². The molecule has 0 fully saturated rings. The van der Waals surface area contributed by atoms with Crippen molar-refractivity contribution in [1.82, 2.24) is 9.55 Å². The second-order valence-corrected chi connectivity index (χ2v) is 6.80. The van der Waals surface area contributed by atoms with E-state index in [1.807, 2.05) is 4.57 Å². The predicted octanol–water partition coefficient (Wildman–Crippen LogP) is 1.37. The van der Waals surface area contributed by atoms with Crippen molar-refractivity contribution < 1.29 is 18.3 Å². The highest BCUT2D eigenvalue weighted by atomic mass is 32.2. The maximum Gasteiger partial charge on any atom is 0.307 e. The highest BCUT2D eigenvalue weighted by molar-refractivity contribution is 7.91. The lowest BCUT2D eigenvalue weighted by Gasteiger charge is -2.06. The summed E-state index contributed by atoms with van der Waals surface area (Å²) in [6, 6.07) is 6.00. The van der Waals surface area contributed by atoms with Gasteiger partial charge in [0.2, 0.25) is 0 Å². The minimum atomic E-state index is -3.34. The molecule has 2 aromatic rings. The van der Waals surface area contributed by atoms with Crippen molar-refractivity contribution in [2.24, 2.45) is 0 Å². The Morgan fingerprint density at radius 2 is 1.95 bits per heavy atom. The molecule has 0 spiro atoms. The van der Waals surface area contributed by atoms with Crippen LogP contribution in [0.4, 0.5) is 0 Å². The van der Waals surface area contributed by atoms with Gasteiger partial charge in [0.15, 0.2) is 9.84 Å². The van der Waals surface area contributed by atoms with Crippen LogP contribution in [-0.2, 0) is 27.6 Å². The van der Waals surface area contributed by atoms with Gasteiger partial charge in [-0.3, -0.25) is 4.79 Å². The van der Waals surface area contributed by atoms with Crippen molar-refractivity contribution in [2.75, 3.05) is 5.75 Å². The molecule has 0 atom stereocenters. The third-order valence-corrected chi connectivity index (χ3v) is 4.84. The average molecular weight is 308 g/mol. The van der Waals surface area contributed by atoms with Crippen LogP contribution < -0.4 is 0 Å². The maximum absolute atomic E-state index is 12.2. The van der Waals surface area contributed by atoms with Gasteiger partial charge in [-0.1, -0.05) is 12.1 Å². The minimum absolute atomic E-state index is 0.0451. The van der Waals surface area contributed by atoms with Crippen molar-refractivity contribution in [3.63, 3.8) is 0 Å². The number of aromatic nitrogens is 2. The van der Waals surface area contributed by atoms with Crippen LogP contribution >= 0.6 is 0 Å². The number of sulfone groups is 1. The molecule has 0 saturated heterocycles. The SMILES string of the molecule is O=C(O)Cc1ccc(S(=O)(=O)CCCn2ccnc2)cc1. The van der Waals surface area contributed by atoms with E-state index in [0.29, 0.717) is 18.5 Å². The summed E-state index contributed by atoms with van der Waals surface area (Å²) in [6.07, 6.45) is 5.47. The van der Waals surface area contributed by atoms with Gasteiger partial charge in [0.05, 0.1) is 23.4 Å². The first-order chi connectivity index (χ1) is 9.97. The van der Waals surface area contributed by atoms with Gasteiger partial charge in [-0.15, -0.1) is 0 Å². The number of aliphatic carboxylic acids is 1. The van der Waals surface area contributed by atoms with E-state index >= 15 is 0 Å². The van der Waals surface area contributed by atoms with Gasteiger partial charge in [0.1, 0.15) is 0 Å². The largest absolute Gasteiger partial charge is 0.481 e. The number of nitrogens with zero attached hydrogens (tertiary/aromatic N) is 2. The summed E-state index contributed by atoms with van der Waals surface area (Å²) >= 11 is 0. The molecule has 0 amide bonds. The summed E-state index contributed by atoms with van der Waals surface area (Å²) in [6.45, 7) is 0.594. The second-order valence-electron chi connectivity index (χ2n) is 4.69. The Morgan fingerprint density at radius 3 is 2.52 bits per heavy atom. The van der Waals surface area contributed by atoms with E-state index < -0.39 is 15.8 Å². The lowest BCUT2D eigenvalue weighted by molar-refractivity contribution is -0.136. The number of aryl methyl sites for hydroxylation is 1. The Bertz CT molecular complexity index is 691. The van der Waals surface area contributed by atoms with Crippen molar-refractivity contribution in [3.8, 4) is 0 Å². The van der Waals surface area contributed by atoms with E-state index in [1.165, 1.54) is 24.3 Å². The molecule has 0 aliphatic heterocycles. The smallest absolute Gasteiger partial charge is 0.307 e. The average Bonchev–Trinajstić information content (AvgIpc) is 2.91. The second kappa shape index (κ2) is 6.53. The van der Waals surface area contributed by atoms with Gasteiger partial charge in [0.25, 0.3) is 0 Å². The molecule has 0 unspecified atom stereocenters. The summed E-state index contributed by atoms with van der Waals surface area (Å²) in [5, 5.41) is 8.68. The molecule has 1 aromatic carbocycles. The Labute approximate surface area is 123 Å². The fraction of sp³-hybridized carbons (Fsp3) is 0.286. The third kappa shape index (κ3) is 4.42. The molecule has 1 aromatic heterocycles. The maximum atomic E-state index is 12.2. The quantitative estimate of drug-likeness (QED) is 0.834. The normalized spacial score (nSPS) is 11.4. The molecule has 2 rings (SSSR count). The summed E-state index contributed by atoms with van der Waals surface area (Å²) in [7, 11) is -3.34. The van der Waals surface area contributed by atoms with Gasteiger partial charge in [-0.2, -0.15) is 0 Å². The van der Waals surface area contributed by atoms with Crippen LogP contribution in [0.15, 0.2) is 47.9 Å². The zero-order chi connectivity index (χ0) is 15.3. The first-order valence-corrected chi connectivity index (χ1v) is 8.12. The number of carboxylic acid groups (broad SMARTS) is 1. The van der Waals surface area contributed by atoms with Crippen molar-refractivity contribution in [1.29, 1.82) is 0 Å². The minimum Gasteiger partial charge on any atom is -0.481 e. The first-order valence-electron chi connectivity index (χ1n) is 6.46. The van der Waals surface area contributed by atoms with Crippen LogP contribution in [0.2, 0.25) is 0 Å². The third-order valence-electron chi connectivity index (χ3n) is 3.03. The van der Waals surface area contributed by atoms with Gasteiger partial charge >= 0.3 is 5.97 Å². The lowest BCUT2D eigenvalue weighted by atomic mass is 10.2. The molecule has 1 heterocycles. The highest BCUT2D eigenvalue weighted by Crippen LogP contribution is 2.14. The van der Waals surface area contributed by atoms with E-state index in [2.05, 4.69) is 4.98 Å². The number of hydrogen-bond donors (Lipinski definition) is 1. The zero-order valence-corrected chi connectivity index (χ0v) is 12.2. The lowest BCUT2D eigenvalue weighted by Crippen LogP contribution is -2.09. The molecule has 112 valence electrons. The molecule has 21 heavy (non-hydrogen) atoms. The molecule has 0 saturated carbocycles. The molecule has 6 nitrogen and oxygen atoms in total. The Balaban J connectivity index is 1.96. The van der Waals surface area contributed by atoms with Crippen LogP contribution in [0, 0.1) is 0 Å². The van der Waals surface area contributed by atoms with Crippen molar-refractivity contribution in [2.45, 2.75) is 24.3 Å². The van der Waals surface area contributed by atoms with Crippen LogP contribution in [0.25, 0.3) is 0 Å². The van der Waals surface area contributed by atoms with Gasteiger partial charge < -0.3 is 9.67 Å². The summed E-state index contributed by atoms with van der Waals surface area (Å²) < 4.78 is 26.1. The van der Waals surface area contributed by atoms with Crippen LogP contribution in [0.3, 0.4) is 0 Å². The molecule has 0 aliphatic rings. The van der Waals surface area contributed by atoms with Gasteiger partial charge in [-0.25, -0.2) is 13.4 Å². The molecule has 0 radical (unpaired) electrons. The summed E-state index contributed by atoms with van der Waals surface area (Å²) in [5.74, 6) is -0.894. The number of imidazole rings is 1. The molecule has 7 heteroatoms. The number of carboxylic acids is 1. The Hall–Kier alpha value is -2.15.